The summed E-state index contributed by atoms with van der Waals surface area (Å²) in [4.78, 5) is 15.4. The van der Waals surface area contributed by atoms with Crippen molar-refractivity contribution in [2.45, 2.75) is 19.3 Å². The number of rotatable bonds is 4. The highest BCUT2D eigenvalue weighted by Gasteiger charge is 2.37. The number of aromatic nitrogens is 3. The summed E-state index contributed by atoms with van der Waals surface area (Å²) >= 11 is 1.86. The highest BCUT2D eigenvalue weighted by molar-refractivity contribution is 7.25. The molecule has 0 aliphatic heterocycles. The second-order valence-electron chi connectivity index (χ2n) is 13.6. The minimum absolute atomic E-state index is 0.112. The number of benzene rings is 7. The molecule has 9 aromatic rings. The average molecular weight is 658 g/mol. The lowest BCUT2D eigenvalue weighted by Gasteiger charge is -2.21. The summed E-state index contributed by atoms with van der Waals surface area (Å²) < 4.78 is 2.63. The SMILES string of the molecule is CC1(C)c2ccccc2-c2c(-c3nc(-c4ccccc4)nc(-c4ccc5cc(-c6cccc7sc8ccccc8c67)ccc5c4)n3)cccc21. The summed E-state index contributed by atoms with van der Waals surface area (Å²) in [6.45, 7) is 4.61. The number of hydrogen-bond donors (Lipinski definition) is 0. The fraction of sp³-hybridized carbons (Fsp3) is 0.0652. The highest BCUT2D eigenvalue weighted by atomic mass is 32.1. The summed E-state index contributed by atoms with van der Waals surface area (Å²) in [6, 6.07) is 54.2. The van der Waals surface area contributed by atoms with Gasteiger partial charge in [-0.25, -0.2) is 15.0 Å². The van der Waals surface area contributed by atoms with Crippen molar-refractivity contribution in [2.75, 3.05) is 0 Å². The molecule has 236 valence electrons. The molecule has 4 heteroatoms. The van der Waals surface area contributed by atoms with Crippen LogP contribution in [-0.4, -0.2) is 15.0 Å². The average Bonchev–Trinajstić information content (AvgIpc) is 3.67. The van der Waals surface area contributed by atoms with Gasteiger partial charge in [-0.2, -0.15) is 0 Å². The van der Waals surface area contributed by atoms with E-state index < -0.39 is 0 Å². The molecule has 2 heterocycles. The molecule has 50 heavy (non-hydrogen) atoms. The number of fused-ring (bicyclic) bond motifs is 7. The maximum absolute atomic E-state index is 5.21. The Labute approximate surface area is 294 Å². The Morgan fingerprint density at radius 3 is 1.90 bits per heavy atom. The van der Waals surface area contributed by atoms with E-state index in [2.05, 4.69) is 147 Å². The first-order valence-corrected chi connectivity index (χ1v) is 17.8. The summed E-state index contributed by atoms with van der Waals surface area (Å²) in [6.07, 6.45) is 0. The summed E-state index contributed by atoms with van der Waals surface area (Å²) in [5, 5.41) is 4.97. The zero-order valence-corrected chi connectivity index (χ0v) is 28.5. The Morgan fingerprint density at radius 1 is 0.440 bits per heavy atom. The van der Waals surface area contributed by atoms with E-state index in [1.807, 2.05) is 29.5 Å². The predicted molar refractivity (Wildman–Crippen MR) is 210 cm³/mol. The quantitative estimate of drug-likeness (QED) is 0.189. The van der Waals surface area contributed by atoms with Gasteiger partial charge in [0.2, 0.25) is 0 Å². The topological polar surface area (TPSA) is 38.7 Å². The first kappa shape index (κ1) is 29.0. The van der Waals surface area contributed by atoms with Gasteiger partial charge >= 0.3 is 0 Å². The van der Waals surface area contributed by atoms with E-state index in [4.69, 9.17) is 15.0 Å². The zero-order chi connectivity index (χ0) is 33.4. The van der Waals surface area contributed by atoms with Crippen LogP contribution in [0.5, 0.6) is 0 Å². The molecule has 7 aromatic carbocycles. The molecule has 3 nitrogen and oxygen atoms in total. The fourth-order valence-electron chi connectivity index (χ4n) is 7.85. The molecule has 0 fully saturated rings. The van der Waals surface area contributed by atoms with Gasteiger partial charge in [0.15, 0.2) is 17.5 Å². The van der Waals surface area contributed by atoms with Gasteiger partial charge in [-0.05, 0) is 68.4 Å². The minimum Gasteiger partial charge on any atom is -0.208 e. The van der Waals surface area contributed by atoms with Crippen molar-refractivity contribution in [3.63, 3.8) is 0 Å². The van der Waals surface area contributed by atoms with Crippen molar-refractivity contribution in [3.8, 4) is 56.4 Å². The third-order valence-corrected chi connectivity index (χ3v) is 11.5. The van der Waals surface area contributed by atoms with E-state index >= 15 is 0 Å². The Morgan fingerprint density at radius 2 is 1.04 bits per heavy atom. The Hall–Kier alpha value is -5.97. The van der Waals surface area contributed by atoms with Crippen molar-refractivity contribution in [1.82, 2.24) is 15.0 Å². The van der Waals surface area contributed by atoms with Gasteiger partial charge in [-0.3, -0.25) is 0 Å². The van der Waals surface area contributed by atoms with Crippen LogP contribution in [0.15, 0.2) is 152 Å². The van der Waals surface area contributed by atoms with E-state index in [-0.39, 0.29) is 5.41 Å². The molecule has 0 radical (unpaired) electrons. The molecular formula is C46H31N3S. The van der Waals surface area contributed by atoms with Gasteiger partial charge in [0.05, 0.1) is 0 Å². The third-order valence-electron chi connectivity index (χ3n) is 10.3. The number of nitrogens with zero attached hydrogens (tertiary/aromatic N) is 3. The van der Waals surface area contributed by atoms with E-state index in [1.165, 1.54) is 58.9 Å². The lowest BCUT2D eigenvalue weighted by atomic mass is 9.82. The maximum atomic E-state index is 5.21. The molecule has 1 aliphatic rings. The second kappa shape index (κ2) is 11.0. The zero-order valence-electron chi connectivity index (χ0n) is 27.7. The molecule has 0 spiro atoms. The van der Waals surface area contributed by atoms with Crippen LogP contribution in [0.2, 0.25) is 0 Å². The van der Waals surface area contributed by atoms with E-state index in [0.29, 0.717) is 17.5 Å². The monoisotopic (exact) mass is 657 g/mol. The van der Waals surface area contributed by atoms with Crippen LogP contribution in [0.3, 0.4) is 0 Å². The van der Waals surface area contributed by atoms with Crippen molar-refractivity contribution < 1.29 is 0 Å². The van der Waals surface area contributed by atoms with Gasteiger partial charge in [0, 0.05) is 42.3 Å². The lowest BCUT2D eigenvalue weighted by Crippen LogP contribution is -2.14. The first-order chi connectivity index (χ1) is 24.5. The lowest BCUT2D eigenvalue weighted by molar-refractivity contribution is 0.660. The Kier molecular flexibility index (Phi) is 6.39. The first-order valence-electron chi connectivity index (χ1n) is 17.0. The molecule has 10 rings (SSSR count). The molecule has 0 unspecified atom stereocenters. The number of thiophene rings is 1. The maximum Gasteiger partial charge on any atom is 0.164 e. The molecule has 0 saturated heterocycles. The number of hydrogen-bond acceptors (Lipinski definition) is 4. The Bertz CT molecular complexity index is 2790. The van der Waals surface area contributed by atoms with Crippen LogP contribution >= 0.6 is 11.3 Å². The van der Waals surface area contributed by atoms with E-state index in [9.17, 15) is 0 Å². The van der Waals surface area contributed by atoms with Crippen LogP contribution in [0.1, 0.15) is 25.0 Å². The molecule has 0 bridgehead atoms. The third kappa shape index (κ3) is 4.45. The molecular weight excluding hydrogens is 627 g/mol. The highest BCUT2D eigenvalue weighted by Crippen LogP contribution is 2.51. The smallest absolute Gasteiger partial charge is 0.164 e. The van der Waals surface area contributed by atoms with Gasteiger partial charge in [-0.15, -0.1) is 11.3 Å². The summed E-state index contributed by atoms with van der Waals surface area (Å²) in [5.41, 5.74) is 10.4. The summed E-state index contributed by atoms with van der Waals surface area (Å²) in [7, 11) is 0. The standard InChI is InChI=1S/C46H31N3S/c1-46(2)37-18-8-6-14-34(37)41-36(17-10-19-38(41)46)45-48-43(28-12-4-3-5-13-28)47-44(49-45)32-25-23-29-26-31(24-22-30(29)27-32)33-16-11-21-40-42(33)35-15-7-9-20-39(35)50-40/h3-27H,1-2H3. The van der Waals surface area contributed by atoms with Crippen molar-refractivity contribution in [3.05, 3.63) is 163 Å². The van der Waals surface area contributed by atoms with Crippen LogP contribution in [-0.2, 0) is 5.41 Å². The summed E-state index contributed by atoms with van der Waals surface area (Å²) in [5.74, 6) is 2.02. The van der Waals surface area contributed by atoms with Crippen LogP contribution in [0, 0.1) is 0 Å². The molecule has 0 N–H and O–H groups in total. The molecule has 0 saturated carbocycles. The predicted octanol–water partition coefficient (Wildman–Crippen LogP) is 12.4. The fourth-order valence-corrected chi connectivity index (χ4v) is 8.98. The van der Waals surface area contributed by atoms with Gasteiger partial charge in [0.25, 0.3) is 0 Å². The largest absolute Gasteiger partial charge is 0.208 e. The second-order valence-corrected chi connectivity index (χ2v) is 14.7. The molecule has 0 amide bonds. The van der Waals surface area contributed by atoms with E-state index in [0.717, 1.165) is 22.1 Å². The molecule has 2 aromatic heterocycles. The van der Waals surface area contributed by atoms with Gasteiger partial charge < -0.3 is 0 Å². The van der Waals surface area contributed by atoms with Crippen molar-refractivity contribution in [1.29, 1.82) is 0 Å². The van der Waals surface area contributed by atoms with E-state index in [1.54, 1.807) is 0 Å². The molecule has 0 atom stereocenters. The van der Waals surface area contributed by atoms with Crippen molar-refractivity contribution in [2.24, 2.45) is 0 Å². The van der Waals surface area contributed by atoms with Gasteiger partial charge in [-0.1, -0.05) is 141 Å². The van der Waals surface area contributed by atoms with Crippen LogP contribution in [0.25, 0.3) is 87.4 Å². The molecule has 1 aliphatic carbocycles. The minimum atomic E-state index is -0.112. The van der Waals surface area contributed by atoms with Crippen LogP contribution in [0.4, 0.5) is 0 Å². The van der Waals surface area contributed by atoms with Gasteiger partial charge in [0.1, 0.15) is 0 Å². The Balaban J connectivity index is 1.12. The van der Waals surface area contributed by atoms with Crippen molar-refractivity contribution >= 4 is 42.3 Å². The van der Waals surface area contributed by atoms with Crippen LogP contribution < -0.4 is 0 Å². The normalized spacial score (nSPS) is 13.2.